The number of halogens is 1. The number of nitrogen functional groups attached to an aromatic ring is 1. The van der Waals surface area contributed by atoms with Gasteiger partial charge in [-0.2, -0.15) is 0 Å². The molecule has 2 aromatic rings. The number of benzene rings is 1. The first-order valence-electron chi connectivity index (χ1n) is 5.00. The highest BCUT2D eigenvalue weighted by atomic mass is 79.9. The van der Waals surface area contributed by atoms with Crippen molar-refractivity contribution in [2.45, 2.75) is 23.5 Å². The van der Waals surface area contributed by atoms with E-state index >= 15 is 0 Å². The highest BCUT2D eigenvalue weighted by Gasteiger charge is 2.10. The Labute approximate surface area is 111 Å². The summed E-state index contributed by atoms with van der Waals surface area (Å²) in [5, 5.41) is 7.01. The molecule has 0 aliphatic heterocycles. The molecule has 2 rings (SSSR count). The number of rotatable bonds is 3. The van der Waals surface area contributed by atoms with Crippen LogP contribution in [0.5, 0.6) is 0 Å². The van der Waals surface area contributed by atoms with Gasteiger partial charge in [0.1, 0.15) is 0 Å². The fourth-order valence-electron chi connectivity index (χ4n) is 1.37. The summed E-state index contributed by atoms with van der Waals surface area (Å²) in [5.41, 5.74) is 6.34. The summed E-state index contributed by atoms with van der Waals surface area (Å²) < 4.78 is 2.49. The van der Waals surface area contributed by atoms with Crippen LogP contribution in [0.25, 0.3) is 0 Å². The third kappa shape index (κ3) is 2.55. The summed E-state index contributed by atoms with van der Waals surface area (Å²) in [4.78, 5) is 12.3. The van der Waals surface area contributed by atoms with Crippen LogP contribution in [0.2, 0.25) is 0 Å². The normalized spacial score (nSPS) is 10.7. The van der Waals surface area contributed by atoms with Gasteiger partial charge in [-0.1, -0.05) is 15.9 Å². The fourth-order valence-corrected chi connectivity index (χ4v) is 2.67. The second-order valence-electron chi connectivity index (χ2n) is 3.34. The Morgan fingerprint density at radius 3 is 3.00 bits per heavy atom. The third-order valence-corrected chi connectivity index (χ3v) is 3.79. The second-order valence-corrected chi connectivity index (χ2v) is 5.26. The van der Waals surface area contributed by atoms with Crippen LogP contribution in [0.4, 0.5) is 5.69 Å². The van der Waals surface area contributed by atoms with E-state index in [1.165, 1.54) is 11.8 Å². The molecule has 0 fully saturated rings. The smallest absolute Gasteiger partial charge is 0.343 e. The van der Waals surface area contributed by atoms with Crippen LogP contribution in [0.1, 0.15) is 6.92 Å². The van der Waals surface area contributed by atoms with Crippen molar-refractivity contribution in [3.63, 3.8) is 0 Å². The molecule has 0 spiro atoms. The maximum Gasteiger partial charge on any atom is 0.343 e. The molecule has 1 heterocycles. The number of aromatic amines is 1. The minimum absolute atomic E-state index is 0.203. The molecule has 1 aromatic carbocycles. The molecule has 7 heteroatoms. The van der Waals surface area contributed by atoms with Gasteiger partial charge in [0.15, 0.2) is 5.16 Å². The van der Waals surface area contributed by atoms with Crippen LogP contribution in [-0.2, 0) is 6.54 Å². The Hall–Kier alpha value is -1.21. The average molecular weight is 315 g/mol. The van der Waals surface area contributed by atoms with Gasteiger partial charge < -0.3 is 5.73 Å². The standard InChI is InChI=1S/C10H11BrN4OS/c1-2-15-9(16)13-14-10(15)17-8-4-3-6(11)5-7(8)12/h3-5H,2,12H2,1H3,(H,13,16). The van der Waals surface area contributed by atoms with Crippen molar-refractivity contribution in [1.29, 1.82) is 0 Å². The first-order valence-corrected chi connectivity index (χ1v) is 6.61. The lowest BCUT2D eigenvalue weighted by molar-refractivity contribution is 0.660. The third-order valence-electron chi connectivity index (χ3n) is 2.21. The van der Waals surface area contributed by atoms with Crippen molar-refractivity contribution in [2.24, 2.45) is 0 Å². The van der Waals surface area contributed by atoms with E-state index in [1.807, 2.05) is 25.1 Å². The molecule has 90 valence electrons. The number of nitrogens with zero attached hydrogens (tertiary/aromatic N) is 2. The van der Waals surface area contributed by atoms with Crippen molar-refractivity contribution < 1.29 is 0 Å². The average Bonchev–Trinajstić information content (AvgIpc) is 2.63. The molecule has 0 aliphatic carbocycles. The summed E-state index contributed by atoms with van der Waals surface area (Å²) >= 11 is 4.72. The quantitative estimate of drug-likeness (QED) is 0.850. The van der Waals surface area contributed by atoms with Crippen LogP contribution in [0.15, 0.2) is 37.5 Å². The zero-order valence-electron chi connectivity index (χ0n) is 9.11. The molecule has 5 nitrogen and oxygen atoms in total. The molecule has 0 aliphatic rings. The van der Waals surface area contributed by atoms with Crippen LogP contribution in [0.3, 0.4) is 0 Å². The summed E-state index contributed by atoms with van der Waals surface area (Å²) in [7, 11) is 0. The monoisotopic (exact) mass is 314 g/mol. The van der Waals surface area contributed by atoms with Gasteiger partial charge in [0, 0.05) is 21.6 Å². The zero-order chi connectivity index (χ0) is 12.4. The molecule has 1 aromatic heterocycles. The first kappa shape index (κ1) is 12.3. The van der Waals surface area contributed by atoms with E-state index in [2.05, 4.69) is 26.1 Å². The Kier molecular flexibility index (Phi) is 3.58. The van der Waals surface area contributed by atoms with Crippen molar-refractivity contribution in [3.05, 3.63) is 33.2 Å². The molecule has 0 bridgehead atoms. The van der Waals surface area contributed by atoms with E-state index in [1.54, 1.807) is 4.57 Å². The van der Waals surface area contributed by atoms with E-state index in [-0.39, 0.29) is 5.69 Å². The lowest BCUT2D eigenvalue weighted by Crippen LogP contribution is -2.16. The summed E-state index contributed by atoms with van der Waals surface area (Å²) in [5.74, 6) is 0. The summed E-state index contributed by atoms with van der Waals surface area (Å²) in [6.45, 7) is 2.47. The van der Waals surface area contributed by atoms with Crippen LogP contribution < -0.4 is 11.4 Å². The number of nitrogens with one attached hydrogen (secondary N) is 1. The maximum absolute atomic E-state index is 11.4. The molecule has 0 saturated heterocycles. The molecular formula is C10H11BrN4OS. The van der Waals surface area contributed by atoms with Crippen molar-refractivity contribution >= 4 is 33.4 Å². The SMILES string of the molecule is CCn1c(Sc2ccc(Br)cc2N)n[nH]c1=O. The molecule has 0 saturated carbocycles. The Morgan fingerprint density at radius 1 is 1.59 bits per heavy atom. The van der Waals surface area contributed by atoms with E-state index in [0.29, 0.717) is 17.4 Å². The van der Waals surface area contributed by atoms with Crippen molar-refractivity contribution in [1.82, 2.24) is 14.8 Å². The van der Waals surface area contributed by atoms with Gasteiger partial charge in [0.2, 0.25) is 0 Å². The van der Waals surface area contributed by atoms with Gasteiger partial charge in [-0.25, -0.2) is 9.89 Å². The summed E-state index contributed by atoms with van der Waals surface area (Å²) in [6, 6.07) is 5.62. The Bertz CT molecular complexity index is 592. The number of nitrogens with two attached hydrogens (primary N) is 1. The Morgan fingerprint density at radius 2 is 2.35 bits per heavy atom. The number of hydrogen-bond acceptors (Lipinski definition) is 4. The molecule has 17 heavy (non-hydrogen) atoms. The van der Waals surface area contributed by atoms with E-state index in [9.17, 15) is 4.79 Å². The van der Waals surface area contributed by atoms with E-state index < -0.39 is 0 Å². The molecule has 0 unspecified atom stereocenters. The highest BCUT2D eigenvalue weighted by Crippen LogP contribution is 2.31. The van der Waals surface area contributed by atoms with Crippen LogP contribution in [-0.4, -0.2) is 14.8 Å². The first-order chi connectivity index (χ1) is 8.11. The highest BCUT2D eigenvalue weighted by molar-refractivity contribution is 9.10. The number of H-pyrrole nitrogens is 1. The fraction of sp³-hybridized carbons (Fsp3) is 0.200. The molecule has 3 N–H and O–H groups in total. The lowest BCUT2D eigenvalue weighted by Gasteiger charge is -2.05. The predicted octanol–water partition coefficient (Wildman–Crippen LogP) is 2.09. The van der Waals surface area contributed by atoms with Crippen molar-refractivity contribution in [3.8, 4) is 0 Å². The van der Waals surface area contributed by atoms with Gasteiger partial charge >= 0.3 is 5.69 Å². The van der Waals surface area contributed by atoms with Crippen molar-refractivity contribution in [2.75, 3.05) is 5.73 Å². The van der Waals surface area contributed by atoms with Gasteiger partial charge in [0.25, 0.3) is 0 Å². The molecular weight excluding hydrogens is 304 g/mol. The van der Waals surface area contributed by atoms with Gasteiger partial charge in [-0.15, -0.1) is 5.10 Å². The van der Waals surface area contributed by atoms with E-state index in [0.717, 1.165) is 9.37 Å². The molecule has 0 amide bonds. The van der Waals surface area contributed by atoms with E-state index in [4.69, 9.17) is 5.73 Å². The second kappa shape index (κ2) is 4.97. The topological polar surface area (TPSA) is 76.7 Å². The largest absolute Gasteiger partial charge is 0.398 e. The maximum atomic E-state index is 11.4. The minimum atomic E-state index is -0.203. The molecule has 0 atom stereocenters. The van der Waals surface area contributed by atoms with Crippen LogP contribution >= 0.6 is 27.7 Å². The Balaban J connectivity index is 2.34. The summed E-state index contributed by atoms with van der Waals surface area (Å²) in [6.07, 6.45) is 0. The molecule has 0 radical (unpaired) electrons. The number of hydrogen-bond donors (Lipinski definition) is 2. The lowest BCUT2D eigenvalue weighted by atomic mass is 10.3. The number of aromatic nitrogens is 3. The predicted molar refractivity (Wildman–Crippen MR) is 71.2 cm³/mol. The van der Waals surface area contributed by atoms with Gasteiger partial charge in [-0.05, 0) is 36.9 Å². The van der Waals surface area contributed by atoms with Crippen LogP contribution in [0, 0.1) is 0 Å². The van der Waals surface area contributed by atoms with Gasteiger partial charge in [-0.3, -0.25) is 4.57 Å². The van der Waals surface area contributed by atoms with Gasteiger partial charge in [0.05, 0.1) is 0 Å². The number of anilines is 1. The zero-order valence-corrected chi connectivity index (χ0v) is 11.5. The minimum Gasteiger partial charge on any atom is -0.398 e.